The van der Waals surface area contributed by atoms with E-state index < -0.39 is 0 Å². The van der Waals surface area contributed by atoms with Crippen molar-refractivity contribution in [1.82, 2.24) is 0 Å². The van der Waals surface area contributed by atoms with Gasteiger partial charge in [0.15, 0.2) is 0 Å². The van der Waals surface area contributed by atoms with Gasteiger partial charge >= 0.3 is 0 Å². The first kappa shape index (κ1) is 17.7. The van der Waals surface area contributed by atoms with E-state index >= 15 is 0 Å². The number of nitrogens with one attached hydrogen (secondary N) is 1. The maximum Gasteiger partial charge on any atom is 0.224 e. The zero-order valence-electron chi connectivity index (χ0n) is 13.5. The van der Waals surface area contributed by atoms with Crippen molar-refractivity contribution in [3.63, 3.8) is 0 Å². The number of benzene rings is 1. The predicted octanol–water partition coefficient (Wildman–Crippen LogP) is 4.12. The molecule has 1 atom stereocenters. The lowest BCUT2D eigenvalue weighted by molar-refractivity contribution is -0.116. The van der Waals surface area contributed by atoms with Gasteiger partial charge in [-0.3, -0.25) is 4.79 Å². The van der Waals surface area contributed by atoms with Crippen LogP contribution in [0.1, 0.15) is 57.9 Å². The highest BCUT2D eigenvalue weighted by Gasteiger charge is 2.11. The number of carbonyl (C=O) groups is 1. The van der Waals surface area contributed by atoms with E-state index in [1.807, 2.05) is 18.2 Å². The van der Waals surface area contributed by atoms with Gasteiger partial charge in [-0.2, -0.15) is 0 Å². The maximum atomic E-state index is 12.1. The molecule has 3 heteroatoms. The number of anilines is 1. The fourth-order valence-corrected chi connectivity index (χ4v) is 2.75. The Morgan fingerprint density at radius 2 is 1.90 bits per heavy atom. The van der Waals surface area contributed by atoms with Gasteiger partial charge < -0.3 is 11.1 Å². The number of carbonyl (C=O) groups excluding carboxylic acids is 1. The molecule has 0 fully saturated rings. The standard InChI is InChI=1S/C18H30N2O/c1-3-7-15(13-14-19)11-12-18(21)20-17-10-6-5-9-16(17)8-4-2/h5-6,9-10,15H,3-4,7-8,11-14,19H2,1-2H3,(H,20,21). The fraction of sp³-hybridized carbons (Fsp3) is 0.611. The Bertz CT molecular complexity index is 411. The monoisotopic (exact) mass is 290 g/mol. The summed E-state index contributed by atoms with van der Waals surface area (Å²) < 4.78 is 0. The largest absolute Gasteiger partial charge is 0.330 e. The van der Waals surface area contributed by atoms with Gasteiger partial charge in [0.05, 0.1) is 0 Å². The van der Waals surface area contributed by atoms with Crippen LogP contribution in [-0.4, -0.2) is 12.5 Å². The minimum absolute atomic E-state index is 0.122. The molecule has 118 valence electrons. The van der Waals surface area contributed by atoms with Crippen LogP contribution < -0.4 is 11.1 Å². The molecule has 0 aliphatic heterocycles. The van der Waals surface area contributed by atoms with Crippen LogP contribution in [0.3, 0.4) is 0 Å². The average Bonchev–Trinajstić information content (AvgIpc) is 2.47. The highest BCUT2D eigenvalue weighted by atomic mass is 16.1. The zero-order chi connectivity index (χ0) is 15.5. The number of hydrogen-bond acceptors (Lipinski definition) is 2. The molecule has 1 aromatic rings. The zero-order valence-corrected chi connectivity index (χ0v) is 13.5. The van der Waals surface area contributed by atoms with Crippen LogP contribution in [0.2, 0.25) is 0 Å². The Balaban J connectivity index is 2.49. The summed E-state index contributed by atoms with van der Waals surface area (Å²) in [4.78, 5) is 12.1. The van der Waals surface area contributed by atoms with Gasteiger partial charge in [0.25, 0.3) is 0 Å². The summed E-state index contributed by atoms with van der Waals surface area (Å²) in [6.07, 6.45) is 6.96. The van der Waals surface area contributed by atoms with Gasteiger partial charge in [-0.05, 0) is 43.4 Å². The topological polar surface area (TPSA) is 55.1 Å². The summed E-state index contributed by atoms with van der Waals surface area (Å²) >= 11 is 0. The van der Waals surface area contributed by atoms with Gasteiger partial charge in [-0.1, -0.05) is 51.3 Å². The summed E-state index contributed by atoms with van der Waals surface area (Å²) in [5, 5.41) is 3.06. The molecule has 1 unspecified atom stereocenters. The van der Waals surface area contributed by atoms with Crippen molar-refractivity contribution >= 4 is 11.6 Å². The van der Waals surface area contributed by atoms with E-state index in [1.165, 1.54) is 5.56 Å². The van der Waals surface area contributed by atoms with Gasteiger partial charge in [-0.25, -0.2) is 0 Å². The lowest BCUT2D eigenvalue weighted by atomic mass is 9.94. The van der Waals surface area contributed by atoms with Crippen LogP contribution in [0.4, 0.5) is 5.69 Å². The fourth-order valence-electron chi connectivity index (χ4n) is 2.75. The van der Waals surface area contributed by atoms with Crippen molar-refractivity contribution in [3.05, 3.63) is 29.8 Å². The molecule has 1 amide bonds. The predicted molar refractivity (Wildman–Crippen MR) is 90.4 cm³/mol. The molecule has 1 aromatic carbocycles. The Labute approximate surface area is 129 Å². The van der Waals surface area contributed by atoms with Gasteiger partial charge in [0.2, 0.25) is 5.91 Å². The summed E-state index contributed by atoms with van der Waals surface area (Å²) in [6, 6.07) is 8.09. The molecule has 0 spiro atoms. The second kappa shape index (κ2) is 10.4. The number of para-hydroxylation sites is 1. The molecule has 1 rings (SSSR count). The first-order valence-corrected chi connectivity index (χ1v) is 8.29. The Morgan fingerprint density at radius 1 is 1.14 bits per heavy atom. The highest BCUT2D eigenvalue weighted by Crippen LogP contribution is 2.20. The Hall–Kier alpha value is -1.35. The van der Waals surface area contributed by atoms with E-state index in [0.717, 1.165) is 44.2 Å². The first-order valence-electron chi connectivity index (χ1n) is 8.29. The highest BCUT2D eigenvalue weighted by molar-refractivity contribution is 5.91. The normalized spacial score (nSPS) is 12.1. The molecular weight excluding hydrogens is 260 g/mol. The van der Waals surface area contributed by atoms with Crippen LogP contribution in [0.15, 0.2) is 24.3 Å². The van der Waals surface area contributed by atoms with Gasteiger partial charge in [-0.15, -0.1) is 0 Å². The second-order valence-electron chi connectivity index (χ2n) is 5.73. The number of aryl methyl sites for hydroxylation is 1. The number of rotatable bonds is 10. The Morgan fingerprint density at radius 3 is 2.57 bits per heavy atom. The van der Waals surface area contributed by atoms with E-state index in [-0.39, 0.29) is 5.91 Å². The molecule has 0 aromatic heterocycles. The quantitative estimate of drug-likeness (QED) is 0.681. The third-order valence-electron chi connectivity index (χ3n) is 3.86. The van der Waals surface area contributed by atoms with Crippen molar-refractivity contribution in [1.29, 1.82) is 0 Å². The molecule has 0 radical (unpaired) electrons. The van der Waals surface area contributed by atoms with Crippen LogP contribution in [0.25, 0.3) is 0 Å². The average molecular weight is 290 g/mol. The van der Waals surface area contributed by atoms with Crippen molar-refractivity contribution < 1.29 is 4.79 Å². The molecule has 0 saturated heterocycles. The molecule has 0 aliphatic carbocycles. The molecule has 3 nitrogen and oxygen atoms in total. The summed E-state index contributed by atoms with van der Waals surface area (Å²) in [6.45, 7) is 5.05. The number of hydrogen-bond donors (Lipinski definition) is 2. The summed E-state index contributed by atoms with van der Waals surface area (Å²) in [5.41, 5.74) is 7.83. The van der Waals surface area contributed by atoms with Crippen molar-refractivity contribution in [3.8, 4) is 0 Å². The summed E-state index contributed by atoms with van der Waals surface area (Å²) in [5.74, 6) is 0.702. The number of nitrogens with two attached hydrogens (primary N) is 1. The molecule has 0 bridgehead atoms. The second-order valence-corrected chi connectivity index (χ2v) is 5.73. The first-order chi connectivity index (χ1) is 10.2. The molecule has 0 aliphatic rings. The van der Waals surface area contributed by atoms with Gasteiger partial charge in [0, 0.05) is 12.1 Å². The van der Waals surface area contributed by atoms with Gasteiger partial charge in [0.1, 0.15) is 0 Å². The SMILES string of the molecule is CCCc1ccccc1NC(=O)CCC(CCC)CCN. The van der Waals surface area contributed by atoms with E-state index in [9.17, 15) is 4.79 Å². The van der Waals surface area contributed by atoms with Crippen LogP contribution in [0, 0.1) is 5.92 Å². The third kappa shape index (κ3) is 6.76. The lowest BCUT2D eigenvalue weighted by Gasteiger charge is -2.15. The maximum absolute atomic E-state index is 12.1. The molecule has 0 saturated carbocycles. The van der Waals surface area contributed by atoms with E-state index in [0.29, 0.717) is 18.9 Å². The third-order valence-corrected chi connectivity index (χ3v) is 3.86. The molecule has 21 heavy (non-hydrogen) atoms. The van der Waals surface area contributed by atoms with E-state index in [4.69, 9.17) is 5.73 Å². The van der Waals surface area contributed by atoms with Crippen molar-refractivity contribution in [2.24, 2.45) is 11.7 Å². The smallest absolute Gasteiger partial charge is 0.224 e. The number of amides is 1. The molecule has 3 N–H and O–H groups in total. The van der Waals surface area contributed by atoms with Crippen LogP contribution >= 0.6 is 0 Å². The van der Waals surface area contributed by atoms with Crippen LogP contribution in [0.5, 0.6) is 0 Å². The molecule has 0 heterocycles. The minimum atomic E-state index is 0.122. The minimum Gasteiger partial charge on any atom is -0.330 e. The Kier molecular flexibility index (Phi) is 8.76. The molecular formula is C18H30N2O. The lowest BCUT2D eigenvalue weighted by Crippen LogP contribution is -2.16. The van der Waals surface area contributed by atoms with E-state index in [1.54, 1.807) is 0 Å². The summed E-state index contributed by atoms with van der Waals surface area (Å²) in [7, 11) is 0. The van der Waals surface area contributed by atoms with Crippen molar-refractivity contribution in [2.45, 2.75) is 58.8 Å². The van der Waals surface area contributed by atoms with E-state index in [2.05, 4.69) is 25.2 Å². The van der Waals surface area contributed by atoms with Crippen molar-refractivity contribution in [2.75, 3.05) is 11.9 Å². The van der Waals surface area contributed by atoms with Crippen LogP contribution in [-0.2, 0) is 11.2 Å².